The summed E-state index contributed by atoms with van der Waals surface area (Å²) < 4.78 is 11.4. The lowest BCUT2D eigenvalue weighted by Crippen LogP contribution is -2.49. The number of hydrogen-bond donors (Lipinski definition) is 2. The van der Waals surface area contributed by atoms with Gasteiger partial charge in [-0.15, -0.1) is 12.6 Å². The molecule has 3 aromatic rings. The molecule has 8 heteroatoms. The summed E-state index contributed by atoms with van der Waals surface area (Å²) in [6, 6.07) is 16.6. The molecule has 0 spiro atoms. The molecule has 1 N–H and O–H groups in total. The van der Waals surface area contributed by atoms with Gasteiger partial charge < -0.3 is 14.4 Å². The Morgan fingerprint density at radius 3 is 2.02 bits per heavy atom. The van der Waals surface area contributed by atoms with Gasteiger partial charge in [0.05, 0.1) is 5.69 Å². The van der Waals surface area contributed by atoms with E-state index in [9.17, 15) is 9.59 Å². The molecule has 1 aliphatic carbocycles. The van der Waals surface area contributed by atoms with Gasteiger partial charge in [0.15, 0.2) is 0 Å². The van der Waals surface area contributed by atoms with E-state index in [4.69, 9.17) is 22.1 Å². The zero-order valence-electron chi connectivity index (χ0n) is 25.4. The van der Waals surface area contributed by atoms with Gasteiger partial charge in [-0.05, 0) is 86.1 Å². The number of fused-ring (bicyclic) bond motifs is 3. The van der Waals surface area contributed by atoms with Gasteiger partial charge in [-0.1, -0.05) is 48.5 Å². The Balaban J connectivity index is 1.26. The van der Waals surface area contributed by atoms with Crippen molar-refractivity contribution in [2.75, 3.05) is 38.1 Å². The Kier molecular flexibility index (Phi) is 8.58. The lowest BCUT2D eigenvalue weighted by molar-refractivity contribution is 0.0138. The van der Waals surface area contributed by atoms with Crippen molar-refractivity contribution in [2.24, 2.45) is 0 Å². The molecule has 42 heavy (non-hydrogen) atoms. The average Bonchev–Trinajstić information content (AvgIpc) is 3.28. The average molecular weight is 588 g/mol. The maximum Gasteiger partial charge on any atom is 0.411 e. The molecule has 1 fully saturated rings. The number of ether oxygens (including phenoxy) is 2. The van der Waals surface area contributed by atoms with Crippen molar-refractivity contribution in [3.05, 3.63) is 81.9 Å². The number of benzene rings is 3. The normalized spacial score (nSPS) is 15.3. The van der Waals surface area contributed by atoms with E-state index in [-0.39, 0.29) is 18.6 Å². The molecule has 0 bridgehead atoms. The summed E-state index contributed by atoms with van der Waals surface area (Å²) in [5, 5.41) is 3.04. The minimum atomic E-state index is -0.510. The van der Waals surface area contributed by atoms with Crippen molar-refractivity contribution in [3.63, 3.8) is 0 Å². The van der Waals surface area contributed by atoms with Crippen molar-refractivity contribution < 1.29 is 19.1 Å². The molecule has 2 aliphatic rings. The van der Waals surface area contributed by atoms with Gasteiger partial charge in [-0.25, -0.2) is 9.59 Å². The summed E-state index contributed by atoms with van der Waals surface area (Å²) in [5.41, 5.74) is 9.14. The van der Waals surface area contributed by atoms with E-state index in [1.54, 1.807) is 4.90 Å². The fourth-order valence-corrected chi connectivity index (χ4v) is 6.30. The smallest absolute Gasteiger partial charge is 0.411 e. The third-order valence-electron chi connectivity index (χ3n) is 8.34. The molecule has 0 atom stereocenters. The van der Waals surface area contributed by atoms with E-state index >= 15 is 0 Å². The zero-order valence-corrected chi connectivity index (χ0v) is 26.3. The third kappa shape index (κ3) is 6.15. The van der Waals surface area contributed by atoms with Crippen LogP contribution >= 0.6 is 12.6 Å². The topological polar surface area (TPSA) is 71.1 Å². The summed E-state index contributed by atoms with van der Waals surface area (Å²) >= 11 is 4.82. The molecule has 0 aromatic heterocycles. The van der Waals surface area contributed by atoms with Gasteiger partial charge in [0.1, 0.15) is 12.2 Å². The number of nitrogens with one attached hydrogen (secondary N) is 1. The van der Waals surface area contributed by atoms with Crippen LogP contribution in [-0.4, -0.2) is 60.4 Å². The first-order valence-electron chi connectivity index (χ1n) is 14.6. The van der Waals surface area contributed by atoms with E-state index in [0.717, 1.165) is 45.9 Å². The summed E-state index contributed by atoms with van der Waals surface area (Å²) in [7, 11) is 0. The van der Waals surface area contributed by atoms with Crippen molar-refractivity contribution in [2.45, 2.75) is 64.5 Å². The van der Waals surface area contributed by atoms with Gasteiger partial charge in [0.25, 0.3) is 0 Å². The van der Waals surface area contributed by atoms with E-state index < -0.39 is 11.7 Å². The molecule has 0 unspecified atom stereocenters. The highest BCUT2D eigenvalue weighted by atomic mass is 32.1. The van der Waals surface area contributed by atoms with Gasteiger partial charge in [0.2, 0.25) is 0 Å². The first-order valence-corrected chi connectivity index (χ1v) is 15.0. The highest BCUT2D eigenvalue weighted by molar-refractivity contribution is 7.80. The number of thiol groups is 1. The number of hydrogen-bond acceptors (Lipinski definition) is 6. The molecule has 2 amide bonds. The summed E-state index contributed by atoms with van der Waals surface area (Å²) in [6.45, 7) is 15.4. The lowest BCUT2D eigenvalue weighted by atomic mass is 9.96. The largest absolute Gasteiger partial charge is 0.448 e. The second kappa shape index (κ2) is 12.0. The first kappa shape index (κ1) is 30.0. The molecule has 7 nitrogen and oxygen atoms in total. The molecule has 1 saturated heterocycles. The first-order chi connectivity index (χ1) is 19.9. The summed E-state index contributed by atoms with van der Waals surface area (Å²) in [5.74, 6) is -0.00119. The van der Waals surface area contributed by atoms with Crippen LogP contribution in [0.2, 0.25) is 0 Å². The van der Waals surface area contributed by atoms with Gasteiger partial charge in [-0.3, -0.25) is 10.2 Å². The standard InChI is InChI=1S/C34H41N3O4S/c1-21-28(19-36-15-17-37(18-16-36)33(39)41-34(4,5)6)22(2)31(42)23(3)30(21)35-32(38)40-20-29-26-13-9-7-11-24(26)25-12-8-10-14-27(25)29/h7-14,29,42H,15-20H2,1-6H3,(H,35,38). The molecule has 1 heterocycles. The molecule has 5 rings (SSSR count). The number of nitrogens with zero attached hydrogens (tertiary/aromatic N) is 2. The van der Waals surface area contributed by atoms with Crippen molar-refractivity contribution in [1.29, 1.82) is 0 Å². The van der Waals surface area contributed by atoms with Crippen LogP contribution in [0.3, 0.4) is 0 Å². The minimum Gasteiger partial charge on any atom is -0.448 e. The predicted octanol–water partition coefficient (Wildman–Crippen LogP) is 7.31. The van der Waals surface area contributed by atoms with Crippen LogP contribution in [-0.2, 0) is 16.0 Å². The maximum absolute atomic E-state index is 13.2. The van der Waals surface area contributed by atoms with Crippen LogP contribution in [0.15, 0.2) is 53.4 Å². The van der Waals surface area contributed by atoms with Crippen molar-refractivity contribution >= 4 is 30.5 Å². The van der Waals surface area contributed by atoms with E-state index in [1.165, 1.54) is 22.3 Å². The van der Waals surface area contributed by atoms with E-state index in [0.29, 0.717) is 19.6 Å². The second-order valence-electron chi connectivity index (χ2n) is 12.3. The number of rotatable bonds is 5. The number of carbonyl (C=O) groups is 2. The Hall–Kier alpha value is -3.49. The molecule has 0 saturated carbocycles. The van der Waals surface area contributed by atoms with Crippen molar-refractivity contribution in [3.8, 4) is 11.1 Å². The highest BCUT2D eigenvalue weighted by Gasteiger charge is 2.30. The number of amides is 2. The predicted molar refractivity (Wildman–Crippen MR) is 170 cm³/mol. The van der Waals surface area contributed by atoms with Gasteiger partial charge in [-0.2, -0.15) is 0 Å². The van der Waals surface area contributed by atoms with Gasteiger partial charge in [0, 0.05) is 43.5 Å². The lowest BCUT2D eigenvalue weighted by Gasteiger charge is -2.36. The van der Waals surface area contributed by atoms with Crippen LogP contribution < -0.4 is 5.32 Å². The molecular weight excluding hydrogens is 546 g/mol. The Morgan fingerprint density at radius 1 is 0.881 bits per heavy atom. The van der Waals surface area contributed by atoms with Crippen molar-refractivity contribution in [1.82, 2.24) is 9.80 Å². The van der Waals surface area contributed by atoms with Crippen LogP contribution in [0.1, 0.15) is 60.1 Å². The Morgan fingerprint density at radius 2 is 1.45 bits per heavy atom. The quantitative estimate of drug-likeness (QED) is 0.306. The monoisotopic (exact) mass is 587 g/mol. The third-order valence-corrected chi connectivity index (χ3v) is 9.01. The molecule has 1 aliphatic heterocycles. The van der Waals surface area contributed by atoms with Gasteiger partial charge >= 0.3 is 12.2 Å². The number of piperazine rings is 1. The number of anilines is 1. The second-order valence-corrected chi connectivity index (χ2v) is 12.7. The number of carbonyl (C=O) groups excluding carboxylic acids is 2. The Labute approximate surface area is 254 Å². The minimum absolute atomic E-state index is 0.00119. The van der Waals surface area contributed by atoms with Crippen LogP contribution in [0.25, 0.3) is 11.1 Å². The van der Waals surface area contributed by atoms with Crippen LogP contribution in [0.4, 0.5) is 15.3 Å². The summed E-state index contributed by atoms with van der Waals surface area (Å²) in [6.07, 6.45) is -0.742. The van der Waals surface area contributed by atoms with Crippen LogP contribution in [0, 0.1) is 20.8 Å². The zero-order chi connectivity index (χ0) is 30.2. The molecular formula is C34H41N3O4S. The van der Waals surface area contributed by atoms with E-state index in [1.807, 2.05) is 58.9 Å². The maximum atomic E-state index is 13.2. The molecule has 0 radical (unpaired) electrons. The summed E-state index contributed by atoms with van der Waals surface area (Å²) in [4.78, 5) is 30.6. The SMILES string of the molecule is Cc1c(S)c(C)c(NC(=O)OCC2c3ccccc3-c3ccccc32)c(C)c1CN1CCN(C(=O)OC(C)(C)C)CC1. The Bertz CT molecular complexity index is 1460. The van der Waals surface area contributed by atoms with Crippen LogP contribution in [0.5, 0.6) is 0 Å². The fourth-order valence-electron chi connectivity index (χ4n) is 6.06. The fraction of sp³-hybridized carbons (Fsp3) is 0.412. The molecule has 3 aromatic carbocycles. The molecule has 222 valence electrons. The van der Waals surface area contributed by atoms with E-state index in [2.05, 4.69) is 41.4 Å². The highest BCUT2D eigenvalue weighted by Crippen LogP contribution is 2.44.